The number of halogens is 2. The zero-order valence-electron chi connectivity index (χ0n) is 11.3. The van der Waals surface area contributed by atoms with Gasteiger partial charge in [-0.15, -0.1) is 5.10 Å². The Morgan fingerprint density at radius 1 is 1.59 bits per heavy atom. The monoisotopic (exact) mass is 387 g/mol. The number of carbonyl (C=O) groups is 2. The van der Waals surface area contributed by atoms with Gasteiger partial charge in [0, 0.05) is 10.0 Å². The molecule has 2 rings (SSSR count). The summed E-state index contributed by atoms with van der Waals surface area (Å²) in [5.74, 6) is -1.90. The van der Waals surface area contributed by atoms with Crippen molar-refractivity contribution in [2.75, 3.05) is 0 Å². The van der Waals surface area contributed by atoms with Crippen LogP contribution in [0, 0.1) is 12.7 Å². The van der Waals surface area contributed by atoms with Crippen molar-refractivity contribution < 1.29 is 19.1 Å². The predicted octanol–water partition coefficient (Wildman–Crippen LogP) is 2.29. The summed E-state index contributed by atoms with van der Waals surface area (Å²) in [5, 5.41) is 18.1. The lowest BCUT2D eigenvalue weighted by Gasteiger charge is -2.02. The van der Waals surface area contributed by atoms with E-state index >= 15 is 0 Å². The predicted molar refractivity (Wildman–Crippen MR) is 85.6 cm³/mol. The molecule has 1 saturated heterocycles. The van der Waals surface area contributed by atoms with Crippen LogP contribution in [0.2, 0.25) is 0 Å². The highest BCUT2D eigenvalue weighted by atomic mass is 79.9. The van der Waals surface area contributed by atoms with Crippen molar-refractivity contribution in [1.82, 2.24) is 5.32 Å². The van der Waals surface area contributed by atoms with Crippen LogP contribution >= 0.6 is 27.7 Å². The van der Waals surface area contributed by atoms with Gasteiger partial charge in [-0.3, -0.25) is 9.59 Å². The van der Waals surface area contributed by atoms with Gasteiger partial charge >= 0.3 is 5.97 Å². The van der Waals surface area contributed by atoms with Crippen LogP contribution in [0.5, 0.6) is 0 Å². The van der Waals surface area contributed by atoms with E-state index in [-0.39, 0.29) is 17.2 Å². The van der Waals surface area contributed by atoms with Gasteiger partial charge < -0.3 is 10.4 Å². The van der Waals surface area contributed by atoms with Crippen molar-refractivity contribution in [3.63, 3.8) is 0 Å². The molecule has 2 N–H and O–H groups in total. The molecule has 22 heavy (non-hydrogen) atoms. The minimum Gasteiger partial charge on any atom is -0.481 e. The number of carboxylic acid groups (broad SMARTS) is 1. The van der Waals surface area contributed by atoms with Crippen LogP contribution in [-0.4, -0.2) is 33.6 Å². The molecule has 0 saturated carbocycles. The van der Waals surface area contributed by atoms with E-state index in [1.54, 1.807) is 19.1 Å². The second-order valence-electron chi connectivity index (χ2n) is 4.42. The fourth-order valence-corrected chi connectivity index (χ4v) is 2.89. The normalized spacial score (nSPS) is 19.9. The molecule has 1 aromatic rings. The topological polar surface area (TPSA) is 91.1 Å². The van der Waals surface area contributed by atoms with Crippen LogP contribution < -0.4 is 5.32 Å². The zero-order valence-corrected chi connectivity index (χ0v) is 13.7. The summed E-state index contributed by atoms with van der Waals surface area (Å²) >= 11 is 4.21. The number of amides is 1. The molecule has 6 nitrogen and oxygen atoms in total. The molecular formula is C13H11BrFN3O3S. The summed E-state index contributed by atoms with van der Waals surface area (Å²) in [6.45, 7) is 1.63. The number of nitrogens with zero attached hydrogens (tertiary/aromatic N) is 2. The molecule has 0 spiro atoms. The fourth-order valence-electron chi connectivity index (χ4n) is 1.67. The minimum absolute atomic E-state index is 0.196. The molecule has 1 amide bonds. The molecular weight excluding hydrogens is 377 g/mol. The summed E-state index contributed by atoms with van der Waals surface area (Å²) in [4.78, 5) is 22.1. The molecule has 1 atom stereocenters. The Kier molecular flexibility index (Phi) is 5.30. The number of aliphatic carboxylic acids is 1. The van der Waals surface area contributed by atoms with Gasteiger partial charge in [-0.2, -0.15) is 5.10 Å². The van der Waals surface area contributed by atoms with Crippen molar-refractivity contribution in [3.05, 3.63) is 33.5 Å². The third kappa shape index (κ3) is 3.92. The first-order valence-electron chi connectivity index (χ1n) is 6.13. The molecule has 1 fully saturated rings. The number of carboxylic acids is 1. The van der Waals surface area contributed by atoms with E-state index in [9.17, 15) is 14.0 Å². The van der Waals surface area contributed by atoms with E-state index in [1.807, 2.05) is 0 Å². The van der Waals surface area contributed by atoms with Crippen LogP contribution in [0.25, 0.3) is 0 Å². The highest BCUT2D eigenvalue weighted by molar-refractivity contribution is 9.10. The number of benzene rings is 1. The Bertz CT molecular complexity index is 693. The van der Waals surface area contributed by atoms with Crippen molar-refractivity contribution >= 4 is 51.0 Å². The van der Waals surface area contributed by atoms with Gasteiger partial charge in [0.1, 0.15) is 11.1 Å². The van der Waals surface area contributed by atoms with Gasteiger partial charge in [-0.25, -0.2) is 4.39 Å². The van der Waals surface area contributed by atoms with E-state index in [2.05, 4.69) is 31.4 Å². The molecule has 0 aromatic heterocycles. The van der Waals surface area contributed by atoms with Crippen LogP contribution in [0.15, 0.2) is 26.8 Å². The van der Waals surface area contributed by atoms with Gasteiger partial charge in [-0.1, -0.05) is 27.7 Å². The highest BCUT2D eigenvalue weighted by Gasteiger charge is 2.32. The maximum atomic E-state index is 13.9. The third-order valence-corrected chi connectivity index (χ3v) is 4.76. The number of hydrogen-bond acceptors (Lipinski definition) is 5. The van der Waals surface area contributed by atoms with E-state index < -0.39 is 22.9 Å². The van der Waals surface area contributed by atoms with Crippen molar-refractivity contribution in [2.24, 2.45) is 10.2 Å². The number of carbonyl (C=O) groups excluding carboxylic acids is 1. The molecule has 1 aromatic carbocycles. The first-order valence-corrected chi connectivity index (χ1v) is 7.80. The molecule has 1 unspecified atom stereocenters. The summed E-state index contributed by atoms with van der Waals surface area (Å²) in [6, 6.07) is 3.24. The molecule has 1 aliphatic rings. The molecule has 116 valence electrons. The van der Waals surface area contributed by atoms with E-state index in [0.717, 1.165) is 11.8 Å². The van der Waals surface area contributed by atoms with Crippen molar-refractivity contribution in [2.45, 2.75) is 18.6 Å². The standard InChI is InChI=1S/C13H11BrFN3O3S/c1-6-8(14)3-2-7(11(6)15)5-16-18-13-17-12(21)9(22-13)4-10(19)20/h2-3,5,9H,4H2,1H3,(H,19,20)(H,17,18,21). The first-order chi connectivity index (χ1) is 10.4. The maximum absolute atomic E-state index is 13.9. The van der Waals surface area contributed by atoms with Gasteiger partial charge in [-0.05, 0) is 24.6 Å². The Hall–Kier alpha value is -1.74. The van der Waals surface area contributed by atoms with Crippen LogP contribution in [-0.2, 0) is 9.59 Å². The summed E-state index contributed by atoms with van der Waals surface area (Å²) in [7, 11) is 0. The van der Waals surface area contributed by atoms with Gasteiger partial charge in [0.2, 0.25) is 5.91 Å². The summed E-state index contributed by atoms with van der Waals surface area (Å²) < 4.78 is 14.6. The number of nitrogens with one attached hydrogen (secondary N) is 1. The second kappa shape index (κ2) is 7.01. The van der Waals surface area contributed by atoms with E-state index in [1.165, 1.54) is 6.21 Å². The Balaban J connectivity index is 2.08. The Labute approximate surface area is 138 Å². The van der Waals surface area contributed by atoms with Gasteiger partial charge in [0.25, 0.3) is 0 Å². The smallest absolute Gasteiger partial charge is 0.305 e. The molecule has 1 aliphatic heterocycles. The zero-order chi connectivity index (χ0) is 16.3. The minimum atomic E-state index is -1.06. The quantitative estimate of drug-likeness (QED) is 0.612. The first kappa shape index (κ1) is 16.6. The molecule has 1 heterocycles. The number of hydrogen-bond donors (Lipinski definition) is 2. The molecule has 0 radical (unpaired) electrons. The molecule has 9 heteroatoms. The summed E-state index contributed by atoms with van der Waals surface area (Å²) in [6.07, 6.45) is 0.943. The lowest BCUT2D eigenvalue weighted by atomic mass is 10.1. The largest absolute Gasteiger partial charge is 0.481 e. The average Bonchev–Trinajstić information content (AvgIpc) is 2.78. The van der Waals surface area contributed by atoms with E-state index in [4.69, 9.17) is 5.11 Å². The van der Waals surface area contributed by atoms with Crippen molar-refractivity contribution in [3.8, 4) is 0 Å². The maximum Gasteiger partial charge on any atom is 0.305 e. The van der Waals surface area contributed by atoms with Gasteiger partial charge in [0.15, 0.2) is 5.17 Å². The number of amidine groups is 1. The SMILES string of the molecule is Cc1c(Br)ccc(C=NN=C2NC(=O)C(CC(=O)O)S2)c1F. The lowest BCUT2D eigenvalue weighted by molar-refractivity contribution is -0.138. The Morgan fingerprint density at radius 2 is 2.32 bits per heavy atom. The second-order valence-corrected chi connectivity index (χ2v) is 6.46. The van der Waals surface area contributed by atoms with Gasteiger partial charge in [0.05, 0.1) is 12.6 Å². The van der Waals surface area contributed by atoms with Crippen molar-refractivity contribution in [1.29, 1.82) is 0 Å². The number of thioether (sulfide) groups is 1. The molecule has 0 bridgehead atoms. The van der Waals surface area contributed by atoms with Crippen LogP contribution in [0.4, 0.5) is 4.39 Å². The third-order valence-electron chi connectivity index (χ3n) is 2.83. The number of rotatable bonds is 4. The fraction of sp³-hybridized carbons (Fsp3) is 0.231. The highest BCUT2D eigenvalue weighted by Crippen LogP contribution is 2.23. The summed E-state index contributed by atoms with van der Waals surface area (Å²) in [5.41, 5.74) is 0.725. The van der Waals surface area contributed by atoms with E-state index in [0.29, 0.717) is 10.0 Å². The Morgan fingerprint density at radius 3 is 3.00 bits per heavy atom. The van der Waals surface area contributed by atoms with Crippen LogP contribution in [0.3, 0.4) is 0 Å². The van der Waals surface area contributed by atoms with Crippen LogP contribution in [0.1, 0.15) is 17.5 Å². The molecule has 0 aliphatic carbocycles. The average molecular weight is 388 g/mol. The lowest BCUT2D eigenvalue weighted by Crippen LogP contribution is -2.26.